The number of ether oxygens (including phenoxy) is 3. The van der Waals surface area contributed by atoms with Crippen molar-refractivity contribution in [1.29, 1.82) is 0 Å². The van der Waals surface area contributed by atoms with E-state index in [0.29, 0.717) is 22.2 Å². The predicted molar refractivity (Wildman–Crippen MR) is 92.7 cm³/mol. The number of nitrogens with one attached hydrogen (secondary N) is 1. The van der Waals surface area contributed by atoms with Crippen LogP contribution < -0.4 is 14.8 Å². The van der Waals surface area contributed by atoms with Crippen molar-refractivity contribution in [2.75, 3.05) is 13.8 Å². The van der Waals surface area contributed by atoms with Crippen molar-refractivity contribution in [2.24, 2.45) is 0 Å². The summed E-state index contributed by atoms with van der Waals surface area (Å²) in [6, 6.07) is 5.20. The molecule has 0 saturated carbocycles. The molecule has 24 heavy (non-hydrogen) atoms. The number of fused-ring (bicyclic) bond motifs is 1. The van der Waals surface area contributed by atoms with Crippen LogP contribution in [0.15, 0.2) is 29.5 Å². The van der Waals surface area contributed by atoms with Crippen LogP contribution in [0.5, 0.6) is 11.5 Å². The molecule has 3 rings (SSSR count). The fraction of sp³-hybridized carbons (Fsp3) is 0.412. The SMILES string of the molecule is CC1=C(C(=O)OC(C)C)C(c2ccc3c(c2)OCO3)NC(=S)N1C. The first-order valence-electron chi connectivity index (χ1n) is 7.74. The minimum absolute atomic E-state index is 0.200. The summed E-state index contributed by atoms with van der Waals surface area (Å²) < 4.78 is 16.2. The van der Waals surface area contributed by atoms with E-state index in [-0.39, 0.29) is 18.9 Å². The average Bonchev–Trinajstić information content (AvgIpc) is 2.98. The number of carbonyl (C=O) groups excluding carboxylic acids is 1. The lowest BCUT2D eigenvalue weighted by atomic mass is 9.95. The van der Waals surface area contributed by atoms with E-state index in [4.69, 9.17) is 26.4 Å². The number of benzene rings is 1. The van der Waals surface area contributed by atoms with E-state index in [0.717, 1.165) is 11.3 Å². The summed E-state index contributed by atoms with van der Waals surface area (Å²) in [4.78, 5) is 14.4. The van der Waals surface area contributed by atoms with Crippen LogP contribution >= 0.6 is 12.2 Å². The van der Waals surface area contributed by atoms with Crippen molar-refractivity contribution < 1.29 is 19.0 Å². The zero-order chi connectivity index (χ0) is 17.4. The summed E-state index contributed by atoms with van der Waals surface area (Å²) in [5.74, 6) is 1.00. The highest BCUT2D eigenvalue weighted by molar-refractivity contribution is 7.80. The molecule has 2 aliphatic heterocycles. The van der Waals surface area contributed by atoms with Gasteiger partial charge in [-0.1, -0.05) is 6.07 Å². The molecule has 1 atom stereocenters. The van der Waals surface area contributed by atoms with Crippen LogP contribution in [0, 0.1) is 0 Å². The Balaban J connectivity index is 2.03. The van der Waals surface area contributed by atoms with Gasteiger partial charge in [-0.2, -0.15) is 0 Å². The third kappa shape index (κ3) is 2.91. The Bertz CT molecular complexity index is 729. The molecular weight excluding hydrogens is 328 g/mol. The van der Waals surface area contributed by atoms with Gasteiger partial charge in [-0.05, 0) is 50.7 Å². The predicted octanol–water partition coefficient (Wildman–Crippen LogP) is 2.50. The van der Waals surface area contributed by atoms with E-state index in [1.807, 2.05) is 46.0 Å². The van der Waals surface area contributed by atoms with Crippen molar-refractivity contribution >= 4 is 23.3 Å². The van der Waals surface area contributed by atoms with E-state index >= 15 is 0 Å². The maximum Gasteiger partial charge on any atom is 0.338 e. The largest absolute Gasteiger partial charge is 0.459 e. The fourth-order valence-electron chi connectivity index (χ4n) is 2.72. The van der Waals surface area contributed by atoms with Gasteiger partial charge in [0.15, 0.2) is 16.6 Å². The maximum atomic E-state index is 12.6. The lowest BCUT2D eigenvalue weighted by Crippen LogP contribution is -2.46. The fourth-order valence-corrected chi connectivity index (χ4v) is 2.97. The average molecular weight is 348 g/mol. The number of carbonyl (C=O) groups is 1. The number of nitrogens with zero attached hydrogens (tertiary/aromatic N) is 1. The molecular formula is C17H20N2O4S. The van der Waals surface area contributed by atoms with Crippen LogP contribution in [-0.2, 0) is 9.53 Å². The van der Waals surface area contributed by atoms with Gasteiger partial charge in [-0.25, -0.2) is 4.79 Å². The number of rotatable bonds is 3. The summed E-state index contributed by atoms with van der Waals surface area (Å²) in [6.07, 6.45) is -0.200. The molecule has 0 saturated heterocycles. The second-order valence-corrected chi connectivity index (χ2v) is 6.39. The molecule has 0 radical (unpaired) electrons. The first-order valence-corrected chi connectivity index (χ1v) is 8.15. The van der Waals surface area contributed by atoms with Crippen LogP contribution in [0.2, 0.25) is 0 Å². The Hall–Kier alpha value is -2.28. The molecule has 6 nitrogen and oxygen atoms in total. The van der Waals surface area contributed by atoms with Gasteiger partial charge in [-0.15, -0.1) is 0 Å². The molecule has 0 aromatic heterocycles. The molecule has 128 valence electrons. The third-order valence-corrected chi connectivity index (χ3v) is 4.44. The van der Waals surface area contributed by atoms with Gasteiger partial charge in [0.25, 0.3) is 0 Å². The van der Waals surface area contributed by atoms with Crippen molar-refractivity contribution in [3.63, 3.8) is 0 Å². The molecule has 0 spiro atoms. The van der Waals surface area contributed by atoms with Crippen molar-refractivity contribution in [3.05, 3.63) is 35.0 Å². The quantitative estimate of drug-likeness (QED) is 0.665. The molecule has 1 aromatic carbocycles. The Morgan fingerprint density at radius 2 is 2.08 bits per heavy atom. The monoisotopic (exact) mass is 348 g/mol. The number of hydrogen-bond donors (Lipinski definition) is 1. The zero-order valence-corrected chi connectivity index (χ0v) is 14.9. The molecule has 1 N–H and O–H groups in total. The van der Waals surface area contributed by atoms with Crippen LogP contribution in [0.25, 0.3) is 0 Å². The summed E-state index contributed by atoms with van der Waals surface area (Å²) in [5, 5.41) is 3.76. The summed E-state index contributed by atoms with van der Waals surface area (Å²) in [5.41, 5.74) is 2.18. The van der Waals surface area contributed by atoms with Gasteiger partial charge in [0.05, 0.1) is 17.7 Å². The molecule has 1 aromatic rings. The van der Waals surface area contributed by atoms with E-state index in [9.17, 15) is 4.79 Å². The maximum absolute atomic E-state index is 12.6. The highest BCUT2D eigenvalue weighted by atomic mass is 32.1. The lowest BCUT2D eigenvalue weighted by molar-refractivity contribution is -0.143. The van der Waals surface area contributed by atoms with Crippen molar-refractivity contribution in [2.45, 2.75) is 32.9 Å². The van der Waals surface area contributed by atoms with Crippen LogP contribution in [0.1, 0.15) is 32.4 Å². The molecule has 2 aliphatic rings. The highest BCUT2D eigenvalue weighted by Crippen LogP contribution is 2.38. The van der Waals surface area contributed by atoms with Crippen molar-refractivity contribution in [1.82, 2.24) is 10.2 Å². The Labute approximate surface area is 146 Å². The van der Waals surface area contributed by atoms with E-state index in [2.05, 4.69) is 5.32 Å². The summed E-state index contributed by atoms with van der Waals surface area (Å²) in [6.45, 7) is 5.72. The topological polar surface area (TPSA) is 60.0 Å². The minimum Gasteiger partial charge on any atom is -0.459 e. The minimum atomic E-state index is -0.394. The number of hydrogen-bond acceptors (Lipinski definition) is 5. The van der Waals surface area contributed by atoms with Gasteiger partial charge in [0.1, 0.15) is 0 Å². The first-order chi connectivity index (χ1) is 11.4. The second kappa shape index (κ2) is 6.32. The van der Waals surface area contributed by atoms with Crippen molar-refractivity contribution in [3.8, 4) is 11.5 Å². The second-order valence-electron chi connectivity index (χ2n) is 6.01. The van der Waals surface area contributed by atoms with E-state index in [1.54, 1.807) is 4.90 Å². The molecule has 0 aliphatic carbocycles. The normalized spacial score (nSPS) is 19.6. The third-order valence-electron chi connectivity index (χ3n) is 4.05. The summed E-state index contributed by atoms with van der Waals surface area (Å²) >= 11 is 5.38. The Morgan fingerprint density at radius 1 is 1.38 bits per heavy atom. The van der Waals surface area contributed by atoms with Gasteiger partial charge >= 0.3 is 5.97 Å². The highest BCUT2D eigenvalue weighted by Gasteiger charge is 2.34. The number of allylic oxidation sites excluding steroid dienone is 1. The zero-order valence-electron chi connectivity index (χ0n) is 14.1. The van der Waals surface area contributed by atoms with E-state index in [1.165, 1.54) is 0 Å². The Morgan fingerprint density at radius 3 is 2.79 bits per heavy atom. The number of esters is 1. The molecule has 0 fully saturated rings. The lowest BCUT2D eigenvalue weighted by Gasteiger charge is -2.35. The van der Waals surface area contributed by atoms with E-state index < -0.39 is 6.04 Å². The van der Waals surface area contributed by atoms with Crippen LogP contribution in [0.3, 0.4) is 0 Å². The van der Waals surface area contributed by atoms with Crippen LogP contribution in [-0.4, -0.2) is 35.9 Å². The number of thiocarbonyl (C=S) groups is 1. The van der Waals surface area contributed by atoms with Gasteiger partial charge in [0, 0.05) is 12.7 Å². The van der Waals surface area contributed by atoms with Gasteiger partial charge in [-0.3, -0.25) is 0 Å². The Kier molecular flexibility index (Phi) is 4.36. The molecule has 1 unspecified atom stereocenters. The smallest absolute Gasteiger partial charge is 0.338 e. The van der Waals surface area contributed by atoms with Crippen LogP contribution in [0.4, 0.5) is 0 Å². The van der Waals surface area contributed by atoms with Gasteiger partial charge in [0.2, 0.25) is 6.79 Å². The first kappa shape index (κ1) is 16.6. The standard InChI is InChI=1S/C17H20N2O4S/c1-9(2)23-16(20)14-10(3)19(4)17(24)18-15(14)11-5-6-12-13(7-11)22-8-21-12/h5-7,9,15H,8H2,1-4H3,(H,18,24). The van der Waals surface area contributed by atoms with Gasteiger partial charge < -0.3 is 24.4 Å². The molecule has 7 heteroatoms. The molecule has 0 amide bonds. The summed E-state index contributed by atoms with van der Waals surface area (Å²) in [7, 11) is 1.82. The molecule has 0 bridgehead atoms. The molecule has 2 heterocycles.